The highest BCUT2D eigenvalue weighted by Crippen LogP contribution is 2.61. The molecule has 2 nitrogen and oxygen atoms in total. The second-order valence-electron chi connectivity index (χ2n) is 7.00. The van der Waals surface area contributed by atoms with Gasteiger partial charge in [0.1, 0.15) is 0 Å². The van der Waals surface area contributed by atoms with Crippen LogP contribution >= 0.6 is 0 Å². The molecule has 0 aliphatic heterocycles. The molecule has 0 aromatic carbocycles. The monoisotopic (exact) mass is 270 g/mol. The second-order valence-corrected chi connectivity index (χ2v) is 7.00. The predicted octanol–water partition coefficient (Wildman–Crippen LogP) is 3.79. The maximum atomic E-state index is 11.9. The molecular weight excluding hydrogens is 248 g/mol. The Kier molecular flexibility index (Phi) is 2.87. The molecule has 2 heteroatoms. The number of rotatable bonds is 0. The highest BCUT2D eigenvalue weighted by Gasteiger charge is 2.54. The van der Waals surface area contributed by atoms with Crippen LogP contribution in [0.3, 0.4) is 0 Å². The van der Waals surface area contributed by atoms with E-state index in [2.05, 4.69) is 19.8 Å². The van der Waals surface area contributed by atoms with E-state index in [0.29, 0.717) is 11.8 Å². The normalized spacial score (nSPS) is 43.8. The number of hydrogen-bond donors (Lipinski definition) is 1. The summed E-state index contributed by atoms with van der Waals surface area (Å²) >= 11 is 0. The van der Waals surface area contributed by atoms with Gasteiger partial charge in [0, 0.05) is 0 Å². The average molecular weight is 270 g/mol. The van der Waals surface area contributed by atoms with E-state index in [9.17, 15) is 9.90 Å². The van der Waals surface area contributed by atoms with Crippen molar-refractivity contribution in [3.05, 3.63) is 23.5 Å². The van der Waals surface area contributed by atoms with Crippen molar-refractivity contribution >= 4 is 5.78 Å². The van der Waals surface area contributed by atoms with E-state index < -0.39 is 5.41 Å². The molecule has 2 saturated carbocycles. The van der Waals surface area contributed by atoms with Crippen molar-refractivity contribution in [3.63, 3.8) is 0 Å². The number of fused-ring (bicyclic) bond motifs is 3. The summed E-state index contributed by atoms with van der Waals surface area (Å²) in [7, 11) is 0. The molecule has 0 aromatic heterocycles. The van der Waals surface area contributed by atoms with Crippen molar-refractivity contribution in [2.24, 2.45) is 22.7 Å². The number of hydrogen-bond acceptors (Lipinski definition) is 2. The lowest BCUT2D eigenvalue weighted by atomic mass is 9.48. The standard InChI is InChI=1S/C18H22O2/c1-4-18-9-7-13-12(2)6-5-8-17(13,3)16(18)10-14(19)15(20)11-18/h1,10-13,20H,5-9H2,2-3H3. The Labute approximate surface area is 121 Å². The van der Waals surface area contributed by atoms with E-state index in [1.807, 2.05) is 0 Å². The number of ketones is 1. The van der Waals surface area contributed by atoms with Gasteiger partial charge in [-0.15, -0.1) is 6.42 Å². The van der Waals surface area contributed by atoms with Crippen LogP contribution in [0, 0.1) is 35.0 Å². The molecule has 4 unspecified atom stereocenters. The van der Waals surface area contributed by atoms with Gasteiger partial charge in [0.15, 0.2) is 5.76 Å². The van der Waals surface area contributed by atoms with Gasteiger partial charge in [-0.2, -0.15) is 0 Å². The largest absolute Gasteiger partial charge is 0.504 e. The summed E-state index contributed by atoms with van der Waals surface area (Å²) in [5, 5.41) is 9.82. The van der Waals surface area contributed by atoms with Crippen LogP contribution < -0.4 is 0 Å². The molecule has 2 fully saturated rings. The lowest BCUT2D eigenvalue weighted by Crippen LogP contribution is -2.48. The maximum Gasteiger partial charge on any atom is 0.219 e. The fourth-order valence-electron chi connectivity index (χ4n) is 4.92. The first kappa shape index (κ1) is 13.5. The van der Waals surface area contributed by atoms with Crippen LogP contribution in [0.15, 0.2) is 23.5 Å². The Morgan fingerprint density at radius 1 is 1.40 bits per heavy atom. The maximum absolute atomic E-state index is 11.9. The van der Waals surface area contributed by atoms with Gasteiger partial charge in [-0.25, -0.2) is 0 Å². The van der Waals surface area contributed by atoms with Gasteiger partial charge >= 0.3 is 0 Å². The fourth-order valence-corrected chi connectivity index (χ4v) is 4.92. The van der Waals surface area contributed by atoms with E-state index >= 15 is 0 Å². The van der Waals surface area contributed by atoms with Crippen molar-refractivity contribution < 1.29 is 9.90 Å². The highest BCUT2D eigenvalue weighted by atomic mass is 16.3. The molecule has 3 aliphatic carbocycles. The summed E-state index contributed by atoms with van der Waals surface area (Å²) in [5.74, 6) is 3.70. The molecule has 1 N–H and O–H groups in total. The van der Waals surface area contributed by atoms with E-state index in [-0.39, 0.29) is 17.0 Å². The quantitative estimate of drug-likeness (QED) is 0.680. The number of carbonyl (C=O) groups excluding carboxylic acids is 1. The third-order valence-corrected chi connectivity index (χ3v) is 5.97. The van der Waals surface area contributed by atoms with E-state index in [1.165, 1.54) is 12.8 Å². The van der Waals surface area contributed by atoms with Crippen LogP contribution in [0.1, 0.15) is 46.0 Å². The highest BCUT2D eigenvalue weighted by molar-refractivity contribution is 6.04. The fraction of sp³-hybridized carbons (Fsp3) is 0.611. The van der Waals surface area contributed by atoms with Crippen LogP contribution in [0.25, 0.3) is 0 Å². The number of aliphatic hydroxyl groups is 1. The third kappa shape index (κ3) is 1.62. The summed E-state index contributed by atoms with van der Waals surface area (Å²) in [5.41, 5.74) is 0.549. The molecule has 0 spiro atoms. The molecule has 0 aromatic rings. The number of aliphatic hydroxyl groups excluding tert-OH is 1. The summed E-state index contributed by atoms with van der Waals surface area (Å²) < 4.78 is 0. The number of carbonyl (C=O) groups is 1. The van der Waals surface area contributed by atoms with Crippen LogP contribution in [0.4, 0.5) is 0 Å². The van der Waals surface area contributed by atoms with Crippen LogP contribution in [-0.2, 0) is 4.79 Å². The SMILES string of the molecule is C#CC12C=C(O)C(=O)C=C1C1(C)CCCC(C)C1CC2. The lowest BCUT2D eigenvalue weighted by Gasteiger charge is -2.55. The van der Waals surface area contributed by atoms with Gasteiger partial charge in [0.25, 0.3) is 0 Å². The van der Waals surface area contributed by atoms with Crippen molar-refractivity contribution in [1.29, 1.82) is 0 Å². The van der Waals surface area contributed by atoms with E-state index in [1.54, 1.807) is 12.2 Å². The topological polar surface area (TPSA) is 37.3 Å². The molecule has 0 saturated heterocycles. The molecule has 0 radical (unpaired) electrons. The van der Waals surface area contributed by atoms with Gasteiger partial charge in [0.05, 0.1) is 5.41 Å². The Balaban J connectivity index is 2.13. The Hall–Kier alpha value is -1.49. The van der Waals surface area contributed by atoms with Gasteiger partial charge in [-0.1, -0.05) is 32.6 Å². The summed E-state index contributed by atoms with van der Waals surface area (Å²) in [6, 6.07) is 0. The Morgan fingerprint density at radius 2 is 2.15 bits per heavy atom. The number of terminal acetylenes is 1. The van der Waals surface area contributed by atoms with Gasteiger partial charge in [-0.05, 0) is 54.2 Å². The molecule has 4 atom stereocenters. The van der Waals surface area contributed by atoms with Crippen molar-refractivity contribution in [2.75, 3.05) is 0 Å². The number of allylic oxidation sites excluding steroid dienone is 3. The second kappa shape index (κ2) is 4.25. The van der Waals surface area contributed by atoms with Gasteiger partial charge in [0.2, 0.25) is 5.78 Å². The molecule has 0 amide bonds. The van der Waals surface area contributed by atoms with Gasteiger partial charge in [-0.3, -0.25) is 4.79 Å². The molecule has 106 valence electrons. The minimum absolute atomic E-state index is 0.00907. The summed E-state index contributed by atoms with van der Waals surface area (Å²) in [6.07, 6.45) is 14.6. The first-order chi connectivity index (χ1) is 9.43. The van der Waals surface area contributed by atoms with Crippen LogP contribution in [0.5, 0.6) is 0 Å². The van der Waals surface area contributed by atoms with Crippen LogP contribution in [-0.4, -0.2) is 10.9 Å². The van der Waals surface area contributed by atoms with Crippen LogP contribution in [0.2, 0.25) is 0 Å². The van der Waals surface area contributed by atoms with Crippen molar-refractivity contribution in [1.82, 2.24) is 0 Å². The van der Waals surface area contributed by atoms with Gasteiger partial charge < -0.3 is 5.11 Å². The average Bonchev–Trinajstić information content (AvgIpc) is 2.41. The zero-order valence-electron chi connectivity index (χ0n) is 12.3. The smallest absolute Gasteiger partial charge is 0.219 e. The van der Waals surface area contributed by atoms with Crippen molar-refractivity contribution in [3.8, 4) is 12.3 Å². The van der Waals surface area contributed by atoms with E-state index in [0.717, 1.165) is 24.8 Å². The predicted molar refractivity (Wildman–Crippen MR) is 78.9 cm³/mol. The van der Waals surface area contributed by atoms with Crippen molar-refractivity contribution in [2.45, 2.75) is 46.0 Å². The molecule has 0 heterocycles. The summed E-state index contributed by atoms with van der Waals surface area (Å²) in [4.78, 5) is 11.9. The first-order valence-electron chi connectivity index (χ1n) is 7.59. The third-order valence-electron chi connectivity index (χ3n) is 5.97. The molecular formula is C18H22O2. The first-order valence-corrected chi connectivity index (χ1v) is 7.59. The van der Waals surface area contributed by atoms with E-state index in [4.69, 9.17) is 6.42 Å². The Morgan fingerprint density at radius 3 is 2.85 bits per heavy atom. The molecule has 0 bridgehead atoms. The molecule has 20 heavy (non-hydrogen) atoms. The summed E-state index contributed by atoms with van der Waals surface area (Å²) in [6.45, 7) is 4.59. The zero-order chi connectivity index (χ0) is 14.5. The minimum atomic E-state index is -0.541. The zero-order valence-corrected chi connectivity index (χ0v) is 12.3. The molecule has 3 aliphatic rings. The molecule has 3 rings (SSSR count). The lowest BCUT2D eigenvalue weighted by molar-refractivity contribution is -0.114. The minimum Gasteiger partial charge on any atom is -0.504 e. The Bertz CT molecular complexity index is 562.